The average Bonchev–Trinajstić information content (AvgIpc) is 2.46. The van der Waals surface area contributed by atoms with Gasteiger partial charge in [0.25, 0.3) is 0 Å². The number of nitrogens with zero attached hydrogens (tertiary/aromatic N) is 2. The first-order valence-electron chi connectivity index (χ1n) is 7.25. The number of carbonyl (C=O) groups is 2. The third kappa shape index (κ3) is 7.99. The average molecular weight is 371 g/mol. The maximum Gasteiger partial charge on any atom is 0.236 e. The molecule has 1 rings (SSSR count). The lowest BCUT2D eigenvalue weighted by molar-refractivity contribution is -0.137. The highest BCUT2D eigenvalue weighted by Gasteiger charge is 2.29. The van der Waals surface area contributed by atoms with E-state index in [9.17, 15) is 9.59 Å². The topological polar surface area (TPSA) is 87.9 Å². The van der Waals surface area contributed by atoms with Gasteiger partial charge >= 0.3 is 0 Å². The van der Waals surface area contributed by atoms with Crippen LogP contribution in [0.2, 0.25) is 0 Å². The number of hydroxylamine groups is 1. The molecule has 0 saturated carbocycles. The fourth-order valence-electron chi connectivity index (χ4n) is 2.28. The number of primary amides is 1. The van der Waals surface area contributed by atoms with Crippen LogP contribution in [0.25, 0.3) is 0 Å². The minimum Gasteiger partial charge on any atom is -0.368 e. The quantitative estimate of drug-likeness (QED) is 0.361. The number of hydrogen-bond donors (Lipinski definition) is 2. The van der Waals surface area contributed by atoms with Crippen molar-refractivity contribution in [2.24, 2.45) is 11.7 Å². The highest BCUT2D eigenvalue weighted by Crippen LogP contribution is 2.09. The molecule has 23 heavy (non-hydrogen) atoms. The molecule has 0 unspecified atom stereocenters. The Balaban J connectivity index is 0. The molecule has 0 radical (unpaired) electrons. The predicted molar refractivity (Wildman–Crippen MR) is 94.6 cm³/mol. The molecule has 9 heteroatoms. The van der Waals surface area contributed by atoms with Gasteiger partial charge < -0.3 is 10.6 Å². The summed E-state index contributed by atoms with van der Waals surface area (Å²) in [5, 5.41) is 0. The highest BCUT2D eigenvalue weighted by molar-refractivity contribution is 5.85. The van der Waals surface area contributed by atoms with Crippen LogP contribution in [-0.2, 0) is 14.4 Å². The van der Waals surface area contributed by atoms with Crippen molar-refractivity contribution in [3.63, 3.8) is 0 Å². The number of piperazine rings is 1. The zero-order valence-corrected chi connectivity index (χ0v) is 15.3. The summed E-state index contributed by atoms with van der Waals surface area (Å²) in [6, 6.07) is -0.439. The van der Waals surface area contributed by atoms with Crippen molar-refractivity contribution in [2.45, 2.75) is 19.9 Å². The summed E-state index contributed by atoms with van der Waals surface area (Å²) in [6.45, 7) is 10.5. The third-order valence-electron chi connectivity index (χ3n) is 3.47. The molecule has 3 N–H and O–H groups in total. The van der Waals surface area contributed by atoms with E-state index in [1.807, 2.05) is 23.6 Å². The van der Waals surface area contributed by atoms with Gasteiger partial charge in [0.05, 0.1) is 6.61 Å². The minimum absolute atomic E-state index is 0. The predicted octanol–water partition coefficient (Wildman–Crippen LogP) is 0.191. The Morgan fingerprint density at radius 3 is 2.26 bits per heavy atom. The van der Waals surface area contributed by atoms with Crippen molar-refractivity contribution in [3.8, 4) is 0 Å². The normalized spacial score (nSPS) is 16.2. The van der Waals surface area contributed by atoms with Gasteiger partial charge in [-0.3, -0.25) is 19.3 Å². The fraction of sp³-hybridized carbons (Fsp3) is 0.714. The number of halogens is 2. The zero-order chi connectivity index (χ0) is 15.8. The summed E-state index contributed by atoms with van der Waals surface area (Å²) in [5.41, 5.74) is 8.17. The van der Waals surface area contributed by atoms with Crippen LogP contribution in [0.3, 0.4) is 0 Å². The molecule has 2 amide bonds. The van der Waals surface area contributed by atoms with E-state index in [2.05, 4.69) is 12.1 Å². The van der Waals surface area contributed by atoms with Gasteiger partial charge in [0, 0.05) is 38.6 Å². The highest BCUT2D eigenvalue weighted by atomic mass is 35.5. The number of carbonyl (C=O) groups excluding carboxylic acids is 2. The standard InChI is InChI=1S/C14H26N4O3.2ClH/c1-4-9-21-16-10-12(13(15)19)17-5-7-18(8-6-17)14(20)11(2)3;;/h4,11-12,16H,1,5-10H2,2-3H3,(H2,15,19);2*1H/t12-;;/m0../s1. The Kier molecular flexibility index (Phi) is 13.3. The number of amides is 2. The maximum absolute atomic E-state index is 11.9. The second-order valence-electron chi connectivity index (χ2n) is 5.38. The molecule has 7 nitrogen and oxygen atoms in total. The number of rotatable bonds is 8. The van der Waals surface area contributed by atoms with Gasteiger partial charge in [0.15, 0.2) is 0 Å². The lowest BCUT2D eigenvalue weighted by atomic mass is 10.1. The summed E-state index contributed by atoms with van der Waals surface area (Å²) in [6.07, 6.45) is 1.61. The Bertz CT molecular complexity index is 375. The van der Waals surface area contributed by atoms with Crippen molar-refractivity contribution < 1.29 is 14.4 Å². The second kappa shape index (κ2) is 12.5. The van der Waals surface area contributed by atoms with Crippen LogP contribution in [-0.4, -0.2) is 67.0 Å². The lowest BCUT2D eigenvalue weighted by Crippen LogP contribution is -2.58. The first kappa shape index (κ1) is 24.4. The Hall–Kier alpha value is -0.860. The van der Waals surface area contributed by atoms with Gasteiger partial charge in [-0.05, 0) is 0 Å². The van der Waals surface area contributed by atoms with Crippen LogP contribution in [0.15, 0.2) is 12.7 Å². The molecule has 0 spiro atoms. The molecular weight excluding hydrogens is 343 g/mol. The summed E-state index contributed by atoms with van der Waals surface area (Å²) in [7, 11) is 0. The largest absolute Gasteiger partial charge is 0.368 e. The van der Waals surface area contributed by atoms with Crippen LogP contribution in [0, 0.1) is 5.92 Å². The van der Waals surface area contributed by atoms with Crippen LogP contribution < -0.4 is 11.2 Å². The van der Waals surface area contributed by atoms with Crippen LogP contribution in [0.1, 0.15) is 13.8 Å². The molecule has 0 aromatic carbocycles. The first-order chi connectivity index (χ1) is 9.97. The van der Waals surface area contributed by atoms with E-state index in [-0.39, 0.29) is 36.6 Å². The smallest absolute Gasteiger partial charge is 0.236 e. The first-order valence-corrected chi connectivity index (χ1v) is 7.25. The number of nitrogens with one attached hydrogen (secondary N) is 1. The van der Waals surface area contributed by atoms with E-state index in [4.69, 9.17) is 10.6 Å². The van der Waals surface area contributed by atoms with Gasteiger partial charge in [0.2, 0.25) is 11.8 Å². The van der Waals surface area contributed by atoms with Crippen LogP contribution in [0.4, 0.5) is 0 Å². The molecule has 1 aliphatic rings. The lowest BCUT2D eigenvalue weighted by Gasteiger charge is -2.38. The van der Waals surface area contributed by atoms with E-state index in [1.165, 1.54) is 0 Å². The van der Waals surface area contributed by atoms with Gasteiger partial charge in [-0.15, -0.1) is 31.4 Å². The molecule has 1 fully saturated rings. The van der Waals surface area contributed by atoms with E-state index >= 15 is 0 Å². The molecule has 0 bridgehead atoms. The molecule has 1 aliphatic heterocycles. The fourth-order valence-corrected chi connectivity index (χ4v) is 2.28. The van der Waals surface area contributed by atoms with Crippen molar-refractivity contribution >= 4 is 36.6 Å². The van der Waals surface area contributed by atoms with Gasteiger partial charge in [-0.1, -0.05) is 19.9 Å². The molecule has 0 aliphatic carbocycles. The monoisotopic (exact) mass is 370 g/mol. The van der Waals surface area contributed by atoms with E-state index < -0.39 is 11.9 Å². The SMILES string of the molecule is C=CCONC[C@@H](C(N)=O)N1CCN(C(=O)C(C)C)CC1.Cl.Cl. The van der Waals surface area contributed by atoms with Crippen molar-refractivity contribution in [1.82, 2.24) is 15.3 Å². The van der Waals surface area contributed by atoms with E-state index in [0.717, 1.165) is 0 Å². The van der Waals surface area contributed by atoms with E-state index in [1.54, 1.807) is 6.08 Å². The van der Waals surface area contributed by atoms with Crippen LogP contribution in [0.5, 0.6) is 0 Å². The van der Waals surface area contributed by atoms with Gasteiger partial charge in [0.1, 0.15) is 6.04 Å². The Morgan fingerprint density at radius 1 is 1.26 bits per heavy atom. The van der Waals surface area contributed by atoms with Crippen molar-refractivity contribution in [1.29, 1.82) is 0 Å². The molecule has 136 valence electrons. The Labute approximate surface area is 150 Å². The molecule has 0 aromatic rings. The minimum atomic E-state index is -0.439. The third-order valence-corrected chi connectivity index (χ3v) is 3.47. The zero-order valence-electron chi connectivity index (χ0n) is 13.7. The molecule has 1 saturated heterocycles. The molecule has 1 atom stereocenters. The molecule has 0 aromatic heterocycles. The van der Waals surface area contributed by atoms with Crippen molar-refractivity contribution in [2.75, 3.05) is 39.3 Å². The summed E-state index contributed by atoms with van der Waals surface area (Å²) < 4.78 is 0. The number of hydrogen-bond acceptors (Lipinski definition) is 5. The van der Waals surface area contributed by atoms with Gasteiger partial charge in [-0.25, -0.2) is 5.48 Å². The summed E-state index contributed by atoms with van der Waals surface area (Å²) in [4.78, 5) is 32.4. The number of nitrogens with two attached hydrogens (primary N) is 1. The van der Waals surface area contributed by atoms with Crippen LogP contribution >= 0.6 is 24.8 Å². The van der Waals surface area contributed by atoms with Gasteiger partial charge in [-0.2, -0.15) is 0 Å². The molecular formula is C14H28Cl2N4O3. The second-order valence-corrected chi connectivity index (χ2v) is 5.38. The maximum atomic E-state index is 11.9. The Morgan fingerprint density at radius 2 is 1.83 bits per heavy atom. The van der Waals surface area contributed by atoms with Crippen molar-refractivity contribution in [3.05, 3.63) is 12.7 Å². The van der Waals surface area contributed by atoms with E-state index in [0.29, 0.717) is 39.3 Å². The summed E-state index contributed by atoms with van der Waals surface area (Å²) in [5.74, 6) is -0.247. The summed E-state index contributed by atoms with van der Waals surface area (Å²) >= 11 is 0. The molecule has 1 heterocycles.